The molecule has 1 N–H and O–H groups in total. The molecule has 2 aliphatic heterocycles. The first-order valence-corrected chi connectivity index (χ1v) is 7.22. The number of imide groups is 1. The van der Waals surface area contributed by atoms with E-state index in [2.05, 4.69) is 9.97 Å². The largest absolute Gasteiger partial charge is 0.477 e. The van der Waals surface area contributed by atoms with Gasteiger partial charge in [0.05, 0.1) is 0 Å². The third-order valence-corrected chi connectivity index (χ3v) is 4.06. The zero-order chi connectivity index (χ0) is 15.7. The summed E-state index contributed by atoms with van der Waals surface area (Å²) >= 11 is 0. The molecule has 0 aliphatic carbocycles. The predicted octanol–water partition coefficient (Wildman–Crippen LogP) is 0.293. The van der Waals surface area contributed by atoms with Crippen molar-refractivity contribution in [1.29, 1.82) is 0 Å². The number of carbonyl (C=O) groups is 3. The van der Waals surface area contributed by atoms with E-state index >= 15 is 0 Å². The molecule has 3 rings (SSSR count). The summed E-state index contributed by atoms with van der Waals surface area (Å²) in [6.45, 7) is 1.18. The van der Waals surface area contributed by atoms with E-state index in [0.717, 1.165) is 0 Å². The van der Waals surface area contributed by atoms with Gasteiger partial charge < -0.3 is 10.0 Å². The maximum atomic E-state index is 11.8. The van der Waals surface area contributed by atoms with E-state index in [1.54, 1.807) is 0 Å². The van der Waals surface area contributed by atoms with E-state index in [1.807, 2.05) is 4.90 Å². The summed E-state index contributed by atoms with van der Waals surface area (Å²) in [6.07, 6.45) is 3.34. The van der Waals surface area contributed by atoms with Crippen LogP contribution in [0.1, 0.15) is 36.2 Å². The second-order valence-electron chi connectivity index (χ2n) is 5.42. The molecule has 116 valence electrons. The molecular formula is C14H16N4O4. The van der Waals surface area contributed by atoms with Gasteiger partial charge >= 0.3 is 5.97 Å². The molecule has 2 amide bonds. The lowest BCUT2D eigenvalue weighted by Crippen LogP contribution is -2.47. The first-order chi connectivity index (χ1) is 10.6. The Morgan fingerprint density at radius 2 is 1.82 bits per heavy atom. The minimum atomic E-state index is -1.09. The Morgan fingerprint density at radius 3 is 2.41 bits per heavy atom. The molecule has 2 aliphatic rings. The number of rotatable bonds is 3. The Bertz CT molecular complexity index is 609. The quantitative estimate of drug-likeness (QED) is 0.800. The van der Waals surface area contributed by atoms with Crippen LogP contribution in [0.4, 0.5) is 5.95 Å². The SMILES string of the molecule is O=C(O)c1ccnc(N2CCC(N3C(=O)CCC3=O)CC2)n1. The fraction of sp³-hybridized carbons (Fsp3) is 0.500. The summed E-state index contributed by atoms with van der Waals surface area (Å²) in [5.41, 5.74) is -0.0444. The summed E-state index contributed by atoms with van der Waals surface area (Å²) in [5, 5.41) is 8.96. The lowest BCUT2D eigenvalue weighted by molar-refractivity contribution is -0.141. The van der Waals surface area contributed by atoms with Crippen molar-refractivity contribution in [2.45, 2.75) is 31.7 Å². The topological polar surface area (TPSA) is 104 Å². The highest BCUT2D eigenvalue weighted by atomic mass is 16.4. The number of carbonyl (C=O) groups excluding carboxylic acids is 2. The Labute approximate surface area is 126 Å². The first kappa shape index (κ1) is 14.4. The van der Waals surface area contributed by atoms with Gasteiger partial charge in [-0.15, -0.1) is 0 Å². The van der Waals surface area contributed by atoms with Crippen molar-refractivity contribution < 1.29 is 19.5 Å². The van der Waals surface area contributed by atoms with E-state index < -0.39 is 5.97 Å². The number of amides is 2. The standard InChI is InChI=1S/C14H16N4O4/c19-11-1-2-12(20)18(11)9-4-7-17(8-5-9)14-15-6-3-10(16-14)13(21)22/h3,6,9H,1-2,4-5,7-8H2,(H,21,22). The molecule has 8 heteroatoms. The lowest BCUT2D eigenvalue weighted by atomic mass is 10.0. The molecule has 2 fully saturated rings. The summed E-state index contributed by atoms with van der Waals surface area (Å²) < 4.78 is 0. The van der Waals surface area contributed by atoms with Gasteiger partial charge in [-0.05, 0) is 18.9 Å². The maximum Gasteiger partial charge on any atom is 0.354 e. The minimum absolute atomic E-state index is 0.0444. The average molecular weight is 304 g/mol. The molecule has 0 saturated carbocycles. The highest BCUT2D eigenvalue weighted by Crippen LogP contribution is 2.24. The zero-order valence-corrected chi connectivity index (χ0v) is 11.9. The van der Waals surface area contributed by atoms with Crippen molar-refractivity contribution in [2.75, 3.05) is 18.0 Å². The van der Waals surface area contributed by atoms with Gasteiger partial charge in [-0.3, -0.25) is 14.5 Å². The van der Waals surface area contributed by atoms with E-state index in [4.69, 9.17) is 5.11 Å². The van der Waals surface area contributed by atoms with Crippen molar-refractivity contribution >= 4 is 23.7 Å². The molecule has 1 aromatic rings. The summed E-state index contributed by atoms with van der Waals surface area (Å²) in [7, 11) is 0. The van der Waals surface area contributed by atoms with Crippen LogP contribution in [0.5, 0.6) is 0 Å². The highest BCUT2D eigenvalue weighted by molar-refractivity contribution is 6.02. The number of hydrogen-bond acceptors (Lipinski definition) is 6. The molecule has 8 nitrogen and oxygen atoms in total. The van der Waals surface area contributed by atoms with Crippen LogP contribution in [0, 0.1) is 0 Å². The third kappa shape index (κ3) is 2.63. The second kappa shape index (κ2) is 5.70. The van der Waals surface area contributed by atoms with E-state index in [-0.39, 0.29) is 23.6 Å². The number of likely N-dealkylation sites (tertiary alicyclic amines) is 1. The number of aromatic nitrogens is 2. The minimum Gasteiger partial charge on any atom is -0.477 e. The van der Waals surface area contributed by atoms with Gasteiger partial charge in [-0.2, -0.15) is 0 Å². The molecular weight excluding hydrogens is 288 g/mol. The van der Waals surface area contributed by atoms with Crippen LogP contribution >= 0.6 is 0 Å². The van der Waals surface area contributed by atoms with Gasteiger partial charge in [-0.25, -0.2) is 14.8 Å². The summed E-state index contributed by atoms with van der Waals surface area (Å²) in [5.74, 6) is -0.899. The molecule has 0 aromatic carbocycles. The number of piperidine rings is 1. The monoisotopic (exact) mass is 304 g/mol. The Balaban J connectivity index is 1.67. The predicted molar refractivity (Wildman–Crippen MR) is 75.3 cm³/mol. The Kier molecular flexibility index (Phi) is 3.74. The van der Waals surface area contributed by atoms with Crippen molar-refractivity contribution in [1.82, 2.24) is 14.9 Å². The van der Waals surface area contributed by atoms with Crippen LogP contribution in [0.3, 0.4) is 0 Å². The van der Waals surface area contributed by atoms with E-state index in [9.17, 15) is 14.4 Å². The average Bonchev–Trinajstić information content (AvgIpc) is 2.86. The molecule has 22 heavy (non-hydrogen) atoms. The van der Waals surface area contributed by atoms with Crippen LogP contribution < -0.4 is 4.90 Å². The molecule has 0 atom stereocenters. The van der Waals surface area contributed by atoms with Crippen molar-refractivity contribution in [3.8, 4) is 0 Å². The first-order valence-electron chi connectivity index (χ1n) is 7.22. The van der Waals surface area contributed by atoms with Gasteiger partial charge in [0.1, 0.15) is 0 Å². The zero-order valence-electron chi connectivity index (χ0n) is 11.9. The molecule has 2 saturated heterocycles. The third-order valence-electron chi connectivity index (χ3n) is 4.06. The van der Waals surface area contributed by atoms with Crippen molar-refractivity contribution in [3.63, 3.8) is 0 Å². The molecule has 0 bridgehead atoms. The van der Waals surface area contributed by atoms with E-state index in [0.29, 0.717) is 44.7 Å². The van der Waals surface area contributed by atoms with Crippen LogP contribution in [0.2, 0.25) is 0 Å². The van der Waals surface area contributed by atoms with Gasteiger partial charge in [0.15, 0.2) is 5.69 Å². The summed E-state index contributed by atoms with van der Waals surface area (Å²) in [6, 6.07) is 1.28. The molecule has 3 heterocycles. The molecule has 0 unspecified atom stereocenters. The number of anilines is 1. The Morgan fingerprint density at radius 1 is 1.18 bits per heavy atom. The maximum absolute atomic E-state index is 11.8. The van der Waals surface area contributed by atoms with Gasteiger partial charge in [0, 0.05) is 38.2 Å². The van der Waals surface area contributed by atoms with Crippen molar-refractivity contribution in [2.24, 2.45) is 0 Å². The number of nitrogens with zero attached hydrogens (tertiary/aromatic N) is 4. The second-order valence-corrected chi connectivity index (χ2v) is 5.42. The summed E-state index contributed by atoms with van der Waals surface area (Å²) in [4.78, 5) is 45.9. The Hall–Kier alpha value is -2.51. The van der Waals surface area contributed by atoms with Crippen LogP contribution in [-0.4, -0.2) is 56.9 Å². The van der Waals surface area contributed by atoms with Gasteiger partial charge in [-0.1, -0.05) is 0 Å². The normalized spacial score (nSPS) is 19.8. The van der Waals surface area contributed by atoms with E-state index in [1.165, 1.54) is 17.2 Å². The fourth-order valence-electron chi connectivity index (χ4n) is 2.95. The van der Waals surface area contributed by atoms with Gasteiger partial charge in [0.25, 0.3) is 0 Å². The molecule has 0 radical (unpaired) electrons. The van der Waals surface area contributed by atoms with Crippen molar-refractivity contribution in [3.05, 3.63) is 18.0 Å². The van der Waals surface area contributed by atoms with Crippen LogP contribution in [-0.2, 0) is 9.59 Å². The van der Waals surface area contributed by atoms with Gasteiger partial charge in [0.2, 0.25) is 17.8 Å². The fourth-order valence-corrected chi connectivity index (χ4v) is 2.95. The number of aromatic carboxylic acids is 1. The number of hydrogen-bond donors (Lipinski definition) is 1. The lowest BCUT2D eigenvalue weighted by Gasteiger charge is -2.35. The highest BCUT2D eigenvalue weighted by Gasteiger charge is 2.36. The number of carboxylic acid groups (broad SMARTS) is 1. The molecule has 0 spiro atoms. The molecule has 1 aromatic heterocycles. The van der Waals surface area contributed by atoms with Crippen LogP contribution in [0.15, 0.2) is 12.3 Å². The van der Waals surface area contributed by atoms with Crippen LogP contribution in [0.25, 0.3) is 0 Å². The number of carboxylic acids is 1. The smallest absolute Gasteiger partial charge is 0.354 e.